The molecule has 1 aromatic heterocycles. The molecular formula is C15H19N3O. The highest BCUT2D eigenvalue weighted by Crippen LogP contribution is 2.32. The van der Waals surface area contributed by atoms with Crippen molar-refractivity contribution in [3.05, 3.63) is 41.5 Å². The molecule has 4 heteroatoms. The summed E-state index contributed by atoms with van der Waals surface area (Å²) in [5, 5.41) is 4.12. The Morgan fingerprint density at radius 1 is 1.16 bits per heavy atom. The van der Waals surface area contributed by atoms with E-state index in [1.54, 1.807) is 0 Å². The lowest BCUT2D eigenvalue weighted by atomic mass is 10.1. The van der Waals surface area contributed by atoms with Crippen LogP contribution in [0.15, 0.2) is 28.8 Å². The molecule has 1 aromatic carbocycles. The summed E-state index contributed by atoms with van der Waals surface area (Å²) >= 11 is 0. The third-order valence-electron chi connectivity index (χ3n) is 3.87. The summed E-state index contributed by atoms with van der Waals surface area (Å²) in [6, 6.07) is 7.92. The number of benzene rings is 1. The molecule has 0 atom stereocenters. The van der Waals surface area contributed by atoms with E-state index in [0.717, 1.165) is 35.8 Å². The standard InChI is InChI=1S/C15H19N3O/c16-13-8-4-3-5-11(13)9-10-14-17-15(18-19-14)12-6-1-2-7-12/h3-5,8,12H,1-2,6-7,9-10,16H2. The molecule has 3 rings (SSSR count). The highest BCUT2D eigenvalue weighted by atomic mass is 16.5. The lowest BCUT2D eigenvalue weighted by Crippen LogP contribution is -1.98. The molecule has 1 saturated carbocycles. The second-order valence-corrected chi connectivity index (χ2v) is 5.23. The molecule has 1 aliphatic rings. The molecule has 0 bridgehead atoms. The minimum absolute atomic E-state index is 0.513. The van der Waals surface area contributed by atoms with Gasteiger partial charge in [-0.25, -0.2) is 0 Å². The number of aryl methyl sites for hydroxylation is 2. The van der Waals surface area contributed by atoms with Crippen molar-refractivity contribution in [2.24, 2.45) is 0 Å². The fraction of sp³-hybridized carbons (Fsp3) is 0.467. The first-order valence-corrected chi connectivity index (χ1v) is 6.99. The first-order valence-electron chi connectivity index (χ1n) is 6.99. The zero-order valence-corrected chi connectivity index (χ0v) is 11.0. The summed E-state index contributed by atoms with van der Waals surface area (Å²) in [5.41, 5.74) is 7.90. The van der Waals surface area contributed by atoms with Gasteiger partial charge in [0.1, 0.15) is 0 Å². The van der Waals surface area contributed by atoms with E-state index >= 15 is 0 Å². The summed E-state index contributed by atoms with van der Waals surface area (Å²) in [5.74, 6) is 2.14. The Kier molecular flexibility index (Phi) is 3.49. The van der Waals surface area contributed by atoms with Crippen molar-refractivity contribution in [2.75, 3.05) is 5.73 Å². The summed E-state index contributed by atoms with van der Waals surface area (Å²) in [6.07, 6.45) is 6.58. The Hall–Kier alpha value is -1.84. The second kappa shape index (κ2) is 5.43. The van der Waals surface area contributed by atoms with Crippen LogP contribution in [0.4, 0.5) is 5.69 Å². The van der Waals surface area contributed by atoms with Crippen molar-refractivity contribution in [2.45, 2.75) is 44.4 Å². The SMILES string of the molecule is Nc1ccccc1CCc1nc(C2CCCC2)no1. The smallest absolute Gasteiger partial charge is 0.226 e. The number of anilines is 1. The highest BCUT2D eigenvalue weighted by Gasteiger charge is 2.22. The largest absolute Gasteiger partial charge is 0.399 e. The quantitative estimate of drug-likeness (QED) is 0.855. The number of aromatic nitrogens is 2. The second-order valence-electron chi connectivity index (χ2n) is 5.23. The van der Waals surface area contributed by atoms with Crippen LogP contribution in [0, 0.1) is 0 Å². The molecule has 0 amide bonds. The van der Waals surface area contributed by atoms with E-state index in [4.69, 9.17) is 10.3 Å². The predicted octanol–water partition coefficient (Wildman–Crippen LogP) is 3.09. The van der Waals surface area contributed by atoms with E-state index < -0.39 is 0 Å². The van der Waals surface area contributed by atoms with Gasteiger partial charge in [0.2, 0.25) is 5.89 Å². The Morgan fingerprint density at radius 3 is 2.74 bits per heavy atom. The van der Waals surface area contributed by atoms with Crippen LogP contribution in [0.1, 0.15) is 48.9 Å². The van der Waals surface area contributed by atoms with Gasteiger partial charge < -0.3 is 10.3 Å². The third-order valence-corrected chi connectivity index (χ3v) is 3.87. The van der Waals surface area contributed by atoms with Crippen molar-refractivity contribution in [3.8, 4) is 0 Å². The maximum Gasteiger partial charge on any atom is 0.226 e. The van der Waals surface area contributed by atoms with Crippen LogP contribution in [0.2, 0.25) is 0 Å². The molecule has 0 saturated heterocycles. The van der Waals surface area contributed by atoms with E-state index in [0.29, 0.717) is 5.92 Å². The monoisotopic (exact) mass is 257 g/mol. The predicted molar refractivity (Wildman–Crippen MR) is 73.8 cm³/mol. The number of nitrogen functional groups attached to an aromatic ring is 1. The van der Waals surface area contributed by atoms with Crippen molar-refractivity contribution in [1.82, 2.24) is 10.1 Å². The topological polar surface area (TPSA) is 64.9 Å². The van der Waals surface area contributed by atoms with Crippen LogP contribution in [0.3, 0.4) is 0 Å². The van der Waals surface area contributed by atoms with Crippen LogP contribution in [-0.2, 0) is 12.8 Å². The van der Waals surface area contributed by atoms with E-state index in [9.17, 15) is 0 Å². The summed E-state index contributed by atoms with van der Waals surface area (Å²) in [7, 11) is 0. The van der Waals surface area contributed by atoms with Gasteiger partial charge in [-0.1, -0.05) is 36.2 Å². The molecule has 2 N–H and O–H groups in total. The van der Waals surface area contributed by atoms with E-state index in [1.165, 1.54) is 25.7 Å². The molecule has 1 aliphatic carbocycles. The van der Waals surface area contributed by atoms with Gasteiger partial charge in [-0.15, -0.1) is 0 Å². The van der Waals surface area contributed by atoms with E-state index in [2.05, 4.69) is 10.1 Å². The molecule has 4 nitrogen and oxygen atoms in total. The van der Waals surface area contributed by atoms with Gasteiger partial charge in [-0.05, 0) is 30.9 Å². The van der Waals surface area contributed by atoms with Crippen molar-refractivity contribution >= 4 is 5.69 Å². The number of hydrogen-bond acceptors (Lipinski definition) is 4. The minimum atomic E-state index is 0.513. The van der Waals surface area contributed by atoms with Crippen molar-refractivity contribution < 1.29 is 4.52 Å². The maximum absolute atomic E-state index is 5.92. The molecule has 1 fully saturated rings. The Labute approximate surface area is 113 Å². The summed E-state index contributed by atoms with van der Waals surface area (Å²) < 4.78 is 5.34. The van der Waals surface area contributed by atoms with Gasteiger partial charge in [0.05, 0.1) is 0 Å². The van der Waals surface area contributed by atoms with Crippen LogP contribution >= 0.6 is 0 Å². The van der Waals surface area contributed by atoms with Gasteiger partial charge in [-0.2, -0.15) is 4.98 Å². The lowest BCUT2D eigenvalue weighted by Gasteiger charge is -2.02. The Bertz CT molecular complexity index is 544. The van der Waals surface area contributed by atoms with Crippen molar-refractivity contribution in [1.29, 1.82) is 0 Å². The molecule has 0 radical (unpaired) electrons. The number of hydrogen-bond donors (Lipinski definition) is 1. The normalized spacial score (nSPS) is 16.0. The van der Waals surface area contributed by atoms with Crippen LogP contribution in [0.25, 0.3) is 0 Å². The average molecular weight is 257 g/mol. The van der Waals surface area contributed by atoms with Crippen LogP contribution < -0.4 is 5.73 Å². The molecule has 1 heterocycles. The number of para-hydroxylation sites is 1. The lowest BCUT2D eigenvalue weighted by molar-refractivity contribution is 0.369. The first-order chi connectivity index (χ1) is 9.33. The summed E-state index contributed by atoms with van der Waals surface area (Å²) in [4.78, 5) is 4.52. The molecule has 19 heavy (non-hydrogen) atoms. The molecular weight excluding hydrogens is 238 g/mol. The highest BCUT2D eigenvalue weighted by molar-refractivity contribution is 5.46. The van der Waals surface area contributed by atoms with E-state index in [1.807, 2.05) is 24.3 Å². The molecule has 0 aliphatic heterocycles. The van der Waals surface area contributed by atoms with Crippen molar-refractivity contribution in [3.63, 3.8) is 0 Å². The van der Waals surface area contributed by atoms with Gasteiger partial charge in [-0.3, -0.25) is 0 Å². The minimum Gasteiger partial charge on any atom is -0.399 e. The number of rotatable bonds is 4. The summed E-state index contributed by atoms with van der Waals surface area (Å²) in [6.45, 7) is 0. The molecule has 0 spiro atoms. The first kappa shape index (κ1) is 12.2. The van der Waals surface area contributed by atoms with E-state index in [-0.39, 0.29) is 0 Å². The maximum atomic E-state index is 5.92. The average Bonchev–Trinajstić information content (AvgIpc) is 3.09. The van der Waals surface area contributed by atoms with Gasteiger partial charge in [0.25, 0.3) is 0 Å². The Balaban J connectivity index is 1.63. The fourth-order valence-electron chi connectivity index (χ4n) is 2.72. The van der Waals surface area contributed by atoms with Gasteiger partial charge in [0.15, 0.2) is 5.82 Å². The number of nitrogens with zero attached hydrogens (tertiary/aromatic N) is 2. The molecule has 0 unspecified atom stereocenters. The Morgan fingerprint density at radius 2 is 1.95 bits per heavy atom. The van der Waals surface area contributed by atoms with Crippen LogP contribution in [0.5, 0.6) is 0 Å². The van der Waals surface area contributed by atoms with Crippen LogP contribution in [-0.4, -0.2) is 10.1 Å². The zero-order chi connectivity index (χ0) is 13.1. The van der Waals surface area contributed by atoms with Gasteiger partial charge in [0, 0.05) is 18.0 Å². The molecule has 100 valence electrons. The third kappa shape index (κ3) is 2.78. The number of nitrogens with two attached hydrogens (primary N) is 1. The fourth-order valence-corrected chi connectivity index (χ4v) is 2.72. The molecule has 2 aromatic rings. The zero-order valence-electron chi connectivity index (χ0n) is 11.0. The van der Waals surface area contributed by atoms with Gasteiger partial charge >= 0.3 is 0 Å².